The monoisotopic (exact) mass is 242 g/mol. The lowest BCUT2D eigenvalue weighted by molar-refractivity contribution is 0.573. The Morgan fingerprint density at radius 1 is 1.33 bits per heavy atom. The van der Waals surface area contributed by atoms with Crippen LogP contribution in [0.25, 0.3) is 0 Å². The van der Waals surface area contributed by atoms with Gasteiger partial charge in [-0.25, -0.2) is 9.97 Å². The third-order valence-electron chi connectivity index (χ3n) is 2.52. The molecule has 1 aromatic rings. The molecule has 1 aliphatic heterocycles. The van der Waals surface area contributed by atoms with Crippen molar-refractivity contribution in [3.63, 3.8) is 0 Å². The highest BCUT2D eigenvalue weighted by Gasteiger charge is 2.18. The first-order valence-corrected chi connectivity index (χ1v) is 6.82. The molecule has 0 aromatic carbocycles. The van der Waals surface area contributed by atoms with Crippen molar-refractivity contribution < 1.29 is 0 Å². The summed E-state index contributed by atoms with van der Waals surface area (Å²) in [7, 11) is 0. The Morgan fingerprint density at radius 3 is 2.87 bits per heavy atom. The second-order valence-electron chi connectivity index (χ2n) is 4.28. The normalized spacial score (nSPS) is 14.7. The van der Waals surface area contributed by atoms with Gasteiger partial charge in [0.05, 0.1) is 5.69 Å². The first-order chi connectivity index (χ1) is 7.16. The molecule has 0 fully saturated rings. The maximum absolute atomic E-state index is 6.13. The Bertz CT molecular complexity index is 366. The Labute approximate surface area is 99.8 Å². The van der Waals surface area contributed by atoms with Crippen LogP contribution in [0.1, 0.15) is 37.4 Å². The topological polar surface area (TPSA) is 25.8 Å². The molecule has 0 bridgehead atoms. The number of hydrogen-bond acceptors (Lipinski definition) is 3. The Kier molecular flexibility index (Phi) is 3.52. The summed E-state index contributed by atoms with van der Waals surface area (Å²) in [6.07, 6.45) is 2.07. The van der Waals surface area contributed by atoms with Crippen LogP contribution in [-0.2, 0) is 17.9 Å². The van der Waals surface area contributed by atoms with Gasteiger partial charge in [-0.2, -0.15) is 11.8 Å². The average Bonchev–Trinajstić information content (AvgIpc) is 2.63. The van der Waals surface area contributed by atoms with Crippen LogP contribution in [0.3, 0.4) is 0 Å². The molecule has 0 aliphatic carbocycles. The third-order valence-corrected chi connectivity index (χ3v) is 3.80. The number of aryl methyl sites for hydroxylation is 1. The fraction of sp³-hybridized carbons (Fsp3) is 0.636. The molecular weight excluding hydrogens is 228 g/mol. The van der Waals surface area contributed by atoms with E-state index < -0.39 is 0 Å². The first-order valence-electron chi connectivity index (χ1n) is 5.28. The quantitative estimate of drug-likeness (QED) is 0.760. The van der Waals surface area contributed by atoms with E-state index in [9.17, 15) is 0 Å². The average molecular weight is 243 g/mol. The Hall–Kier alpha value is -0.280. The minimum atomic E-state index is 0.670. The van der Waals surface area contributed by atoms with E-state index in [4.69, 9.17) is 11.6 Å². The zero-order valence-electron chi connectivity index (χ0n) is 9.09. The molecular formula is C11H15ClN2S. The molecule has 15 heavy (non-hydrogen) atoms. The highest BCUT2D eigenvalue weighted by atomic mass is 35.5. The minimum Gasteiger partial charge on any atom is -0.237 e. The van der Waals surface area contributed by atoms with E-state index in [0.717, 1.165) is 41.4 Å². The number of hydrogen-bond donors (Lipinski definition) is 0. The summed E-state index contributed by atoms with van der Waals surface area (Å²) in [5, 5.41) is 0.670. The van der Waals surface area contributed by atoms with E-state index in [1.54, 1.807) is 0 Å². The number of nitrogens with zero attached hydrogens (tertiary/aromatic N) is 2. The van der Waals surface area contributed by atoms with Crippen molar-refractivity contribution in [2.75, 3.05) is 0 Å². The number of halogens is 1. The zero-order valence-corrected chi connectivity index (χ0v) is 10.7. The van der Waals surface area contributed by atoms with Gasteiger partial charge in [0.25, 0.3) is 0 Å². The standard InChI is InChI=1S/C11H15ClN2S/c1-7(2)3-4-10-13-9-6-15-5-8(9)11(12)14-10/h7H,3-6H2,1-2H3. The Morgan fingerprint density at radius 2 is 2.13 bits per heavy atom. The van der Waals surface area contributed by atoms with Crippen LogP contribution in [-0.4, -0.2) is 9.97 Å². The van der Waals surface area contributed by atoms with Crippen molar-refractivity contribution >= 4 is 23.4 Å². The van der Waals surface area contributed by atoms with Crippen LogP contribution in [0.4, 0.5) is 0 Å². The van der Waals surface area contributed by atoms with Crippen LogP contribution in [0, 0.1) is 5.92 Å². The number of aromatic nitrogens is 2. The highest BCUT2D eigenvalue weighted by Crippen LogP contribution is 2.32. The zero-order chi connectivity index (χ0) is 10.8. The largest absolute Gasteiger partial charge is 0.237 e. The smallest absolute Gasteiger partial charge is 0.137 e. The van der Waals surface area contributed by atoms with Gasteiger partial charge in [0.1, 0.15) is 11.0 Å². The molecule has 1 aliphatic rings. The van der Waals surface area contributed by atoms with Gasteiger partial charge in [-0.05, 0) is 12.3 Å². The third kappa shape index (κ3) is 2.64. The summed E-state index contributed by atoms with van der Waals surface area (Å²) in [5.74, 6) is 3.56. The van der Waals surface area contributed by atoms with Crippen molar-refractivity contribution in [2.24, 2.45) is 5.92 Å². The van der Waals surface area contributed by atoms with Gasteiger partial charge in [-0.15, -0.1) is 0 Å². The molecule has 2 rings (SSSR count). The number of fused-ring (bicyclic) bond motifs is 1. The van der Waals surface area contributed by atoms with Gasteiger partial charge in [-0.1, -0.05) is 25.4 Å². The van der Waals surface area contributed by atoms with E-state index >= 15 is 0 Å². The molecule has 0 saturated heterocycles. The van der Waals surface area contributed by atoms with Gasteiger partial charge in [0.2, 0.25) is 0 Å². The summed E-state index contributed by atoms with van der Waals surface area (Å²) in [4.78, 5) is 8.93. The minimum absolute atomic E-state index is 0.670. The lowest BCUT2D eigenvalue weighted by Crippen LogP contribution is -2.03. The maximum atomic E-state index is 6.13. The molecule has 2 nitrogen and oxygen atoms in total. The summed E-state index contributed by atoms with van der Waals surface area (Å²) >= 11 is 7.99. The SMILES string of the molecule is CC(C)CCc1nc(Cl)c2c(n1)CSC2. The molecule has 0 atom stereocenters. The molecule has 0 radical (unpaired) electrons. The van der Waals surface area contributed by atoms with E-state index in [1.165, 1.54) is 0 Å². The second-order valence-corrected chi connectivity index (χ2v) is 5.62. The highest BCUT2D eigenvalue weighted by molar-refractivity contribution is 7.98. The van der Waals surface area contributed by atoms with Crippen LogP contribution in [0.15, 0.2) is 0 Å². The molecule has 0 N–H and O–H groups in total. The van der Waals surface area contributed by atoms with Crippen molar-refractivity contribution in [2.45, 2.75) is 38.2 Å². The molecule has 0 unspecified atom stereocenters. The lowest BCUT2D eigenvalue weighted by Gasteiger charge is -2.06. The molecule has 1 aromatic heterocycles. The van der Waals surface area contributed by atoms with Crippen molar-refractivity contribution in [3.8, 4) is 0 Å². The van der Waals surface area contributed by atoms with Crippen LogP contribution < -0.4 is 0 Å². The summed E-state index contributed by atoms with van der Waals surface area (Å²) in [6.45, 7) is 4.43. The van der Waals surface area contributed by atoms with Crippen molar-refractivity contribution in [1.29, 1.82) is 0 Å². The number of rotatable bonds is 3. The fourth-order valence-corrected chi connectivity index (χ4v) is 2.98. The van der Waals surface area contributed by atoms with Crippen molar-refractivity contribution in [1.82, 2.24) is 9.97 Å². The molecule has 0 amide bonds. The van der Waals surface area contributed by atoms with Gasteiger partial charge in [0.15, 0.2) is 0 Å². The van der Waals surface area contributed by atoms with E-state index in [1.807, 2.05) is 11.8 Å². The molecule has 82 valence electrons. The van der Waals surface area contributed by atoms with E-state index in [2.05, 4.69) is 23.8 Å². The predicted octanol–water partition coefficient (Wildman–Crippen LogP) is 3.47. The molecule has 0 saturated carbocycles. The molecule has 4 heteroatoms. The van der Waals surface area contributed by atoms with Gasteiger partial charge < -0.3 is 0 Å². The van der Waals surface area contributed by atoms with Crippen molar-refractivity contribution in [3.05, 3.63) is 22.2 Å². The fourth-order valence-electron chi connectivity index (χ4n) is 1.59. The van der Waals surface area contributed by atoms with Crippen LogP contribution >= 0.6 is 23.4 Å². The summed E-state index contributed by atoms with van der Waals surface area (Å²) in [5.41, 5.74) is 2.30. The summed E-state index contributed by atoms with van der Waals surface area (Å²) in [6, 6.07) is 0. The first kappa shape index (κ1) is 11.2. The van der Waals surface area contributed by atoms with Crippen LogP contribution in [0.5, 0.6) is 0 Å². The number of thioether (sulfide) groups is 1. The van der Waals surface area contributed by atoms with Crippen LogP contribution in [0.2, 0.25) is 5.15 Å². The van der Waals surface area contributed by atoms with E-state index in [-0.39, 0.29) is 0 Å². The molecule has 2 heterocycles. The molecule has 0 spiro atoms. The Balaban J connectivity index is 2.16. The van der Waals surface area contributed by atoms with Gasteiger partial charge >= 0.3 is 0 Å². The van der Waals surface area contributed by atoms with E-state index in [0.29, 0.717) is 11.1 Å². The predicted molar refractivity (Wildman–Crippen MR) is 65.2 cm³/mol. The van der Waals surface area contributed by atoms with Gasteiger partial charge in [0, 0.05) is 23.5 Å². The second kappa shape index (κ2) is 4.71. The lowest BCUT2D eigenvalue weighted by atomic mass is 10.1. The van der Waals surface area contributed by atoms with Gasteiger partial charge in [-0.3, -0.25) is 0 Å². The summed E-state index contributed by atoms with van der Waals surface area (Å²) < 4.78 is 0. The maximum Gasteiger partial charge on any atom is 0.137 e.